The maximum absolute atomic E-state index is 7.82. The van der Waals surface area contributed by atoms with Crippen LogP contribution in [0.15, 0.2) is 0 Å². The van der Waals surface area contributed by atoms with Gasteiger partial charge in [0, 0.05) is 14.1 Å². The van der Waals surface area contributed by atoms with Gasteiger partial charge < -0.3 is 4.90 Å². The first-order valence-corrected chi connectivity index (χ1v) is 4.51. The van der Waals surface area contributed by atoms with Gasteiger partial charge in [-0.1, -0.05) is 13.3 Å². The Morgan fingerprint density at radius 1 is 1.33 bits per heavy atom. The van der Waals surface area contributed by atoms with Crippen molar-refractivity contribution in [1.82, 2.24) is 4.90 Å². The molecule has 0 radical (unpaired) electrons. The number of rotatable bonds is 3. The highest BCUT2D eigenvalue weighted by atomic mass is 15.4. The SMILES string of the molecule is CCCC[N+](C)(C)C(=N)N(C)C. The number of guanidine groups is 1. The van der Waals surface area contributed by atoms with Crippen LogP contribution < -0.4 is 0 Å². The van der Waals surface area contributed by atoms with Crippen LogP contribution >= 0.6 is 0 Å². The van der Waals surface area contributed by atoms with Crippen LogP contribution in [0.1, 0.15) is 19.8 Å². The fourth-order valence-electron chi connectivity index (χ4n) is 1.20. The zero-order valence-corrected chi connectivity index (χ0v) is 9.02. The summed E-state index contributed by atoms with van der Waals surface area (Å²) in [5, 5.41) is 7.82. The van der Waals surface area contributed by atoms with Crippen molar-refractivity contribution in [2.75, 3.05) is 34.7 Å². The lowest BCUT2D eigenvalue weighted by molar-refractivity contribution is -0.806. The monoisotopic (exact) mass is 172 g/mol. The molecule has 0 unspecified atom stereocenters. The molecular formula is C9H22N3+. The molecule has 0 bridgehead atoms. The molecule has 0 aliphatic rings. The predicted octanol–water partition coefficient (Wildman–Crippen LogP) is 1.36. The minimum atomic E-state index is 0.670. The molecule has 0 aromatic heterocycles. The average molecular weight is 172 g/mol. The van der Waals surface area contributed by atoms with Gasteiger partial charge >= 0.3 is 0 Å². The van der Waals surface area contributed by atoms with Gasteiger partial charge in [-0.3, -0.25) is 4.48 Å². The molecule has 0 fully saturated rings. The molecule has 0 rings (SSSR count). The van der Waals surface area contributed by atoms with Crippen LogP contribution in [-0.4, -0.2) is 50.1 Å². The van der Waals surface area contributed by atoms with Crippen LogP contribution in [0, 0.1) is 5.41 Å². The Balaban J connectivity index is 4.09. The van der Waals surface area contributed by atoms with E-state index >= 15 is 0 Å². The Labute approximate surface area is 76.1 Å². The lowest BCUT2D eigenvalue weighted by Gasteiger charge is -2.31. The Hall–Kier alpha value is -0.570. The molecule has 0 aliphatic heterocycles. The van der Waals surface area contributed by atoms with Crippen molar-refractivity contribution in [1.29, 1.82) is 5.41 Å². The van der Waals surface area contributed by atoms with Crippen LogP contribution in [0.2, 0.25) is 0 Å². The molecule has 0 heterocycles. The fraction of sp³-hybridized carbons (Fsp3) is 0.889. The Bertz CT molecular complexity index is 150. The second-order valence-corrected chi connectivity index (χ2v) is 3.98. The van der Waals surface area contributed by atoms with E-state index in [1.165, 1.54) is 12.8 Å². The summed E-state index contributed by atoms with van der Waals surface area (Å²) in [5.74, 6) is 0.670. The molecule has 0 aliphatic carbocycles. The summed E-state index contributed by atoms with van der Waals surface area (Å²) in [6, 6.07) is 0. The molecule has 0 saturated heterocycles. The number of hydrogen-bond acceptors (Lipinski definition) is 1. The van der Waals surface area contributed by atoms with Gasteiger partial charge in [0.25, 0.3) is 5.96 Å². The Morgan fingerprint density at radius 2 is 1.83 bits per heavy atom. The number of hydrogen-bond donors (Lipinski definition) is 1. The summed E-state index contributed by atoms with van der Waals surface area (Å²) in [7, 11) is 8.01. The van der Waals surface area contributed by atoms with E-state index in [1.54, 1.807) is 0 Å². The van der Waals surface area contributed by atoms with E-state index < -0.39 is 0 Å². The second kappa shape index (κ2) is 4.45. The molecular weight excluding hydrogens is 150 g/mol. The van der Waals surface area contributed by atoms with Gasteiger partial charge in [0.15, 0.2) is 0 Å². The number of unbranched alkanes of at least 4 members (excludes halogenated alkanes) is 1. The standard InChI is InChI=1S/C9H22N3/c1-6-7-8-12(4,5)9(10)11(2)3/h10H,6-8H2,1-5H3/q+1. The summed E-state index contributed by atoms with van der Waals surface area (Å²) in [6.45, 7) is 3.23. The molecule has 12 heavy (non-hydrogen) atoms. The summed E-state index contributed by atoms with van der Waals surface area (Å²) in [5.41, 5.74) is 0. The van der Waals surface area contributed by atoms with Crippen LogP contribution in [0.5, 0.6) is 0 Å². The van der Waals surface area contributed by atoms with Crippen molar-refractivity contribution in [3.63, 3.8) is 0 Å². The third-order valence-electron chi connectivity index (χ3n) is 2.07. The molecule has 0 amide bonds. The molecule has 1 N–H and O–H groups in total. The first-order valence-electron chi connectivity index (χ1n) is 4.51. The fourth-order valence-corrected chi connectivity index (χ4v) is 1.20. The Morgan fingerprint density at radius 3 is 2.17 bits per heavy atom. The van der Waals surface area contributed by atoms with Crippen LogP contribution in [0.3, 0.4) is 0 Å². The zero-order chi connectivity index (χ0) is 9.78. The van der Waals surface area contributed by atoms with Crippen molar-refractivity contribution in [2.45, 2.75) is 19.8 Å². The van der Waals surface area contributed by atoms with Crippen molar-refractivity contribution in [3.05, 3.63) is 0 Å². The van der Waals surface area contributed by atoms with E-state index in [4.69, 9.17) is 5.41 Å². The number of quaternary nitrogens is 1. The molecule has 0 spiro atoms. The van der Waals surface area contributed by atoms with Gasteiger partial charge in [-0.15, -0.1) is 0 Å². The lowest BCUT2D eigenvalue weighted by Crippen LogP contribution is -2.51. The predicted molar refractivity (Wildman–Crippen MR) is 53.3 cm³/mol. The van der Waals surface area contributed by atoms with E-state index in [0.29, 0.717) is 10.4 Å². The number of nitrogens with zero attached hydrogens (tertiary/aromatic N) is 2. The van der Waals surface area contributed by atoms with Gasteiger partial charge in [0.2, 0.25) is 0 Å². The molecule has 0 saturated carbocycles. The maximum atomic E-state index is 7.82. The first-order chi connectivity index (χ1) is 5.41. The third kappa shape index (κ3) is 3.22. The van der Waals surface area contributed by atoms with Crippen molar-refractivity contribution < 1.29 is 4.48 Å². The molecule has 3 nitrogen and oxygen atoms in total. The summed E-state index contributed by atoms with van der Waals surface area (Å²) < 4.78 is 0.681. The van der Waals surface area contributed by atoms with Crippen LogP contribution in [0.25, 0.3) is 0 Å². The maximum Gasteiger partial charge on any atom is 0.296 e. The summed E-state index contributed by atoms with van der Waals surface area (Å²) in [4.78, 5) is 1.87. The molecule has 0 atom stereocenters. The van der Waals surface area contributed by atoms with E-state index in [0.717, 1.165) is 6.54 Å². The number of nitrogens with one attached hydrogen (secondary N) is 1. The largest absolute Gasteiger partial charge is 0.318 e. The van der Waals surface area contributed by atoms with Crippen LogP contribution in [-0.2, 0) is 0 Å². The first kappa shape index (κ1) is 11.4. The van der Waals surface area contributed by atoms with Gasteiger partial charge in [-0.25, -0.2) is 5.41 Å². The molecule has 72 valence electrons. The van der Waals surface area contributed by atoms with Gasteiger partial charge in [-0.2, -0.15) is 0 Å². The highest BCUT2D eigenvalue weighted by molar-refractivity contribution is 5.68. The average Bonchev–Trinajstić information content (AvgIpc) is 1.99. The minimum absolute atomic E-state index is 0.670. The summed E-state index contributed by atoms with van der Waals surface area (Å²) in [6.07, 6.45) is 2.38. The minimum Gasteiger partial charge on any atom is -0.318 e. The van der Waals surface area contributed by atoms with E-state index in [2.05, 4.69) is 21.0 Å². The Kier molecular flexibility index (Phi) is 4.24. The molecule has 0 aromatic carbocycles. The van der Waals surface area contributed by atoms with E-state index in [-0.39, 0.29) is 0 Å². The third-order valence-corrected chi connectivity index (χ3v) is 2.07. The smallest absolute Gasteiger partial charge is 0.296 e. The topological polar surface area (TPSA) is 27.1 Å². The van der Waals surface area contributed by atoms with E-state index in [9.17, 15) is 0 Å². The van der Waals surface area contributed by atoms with E-state index in [1.807, 2.05) is 19.0 Å². The lowest BCUT2D eigenvalue weighted by atomic mass is 10.3. The molecule has 0 aromatic rings. The molecule has 3 heteroatoms. The van der Waals surface area contributed by atoms with Crippen molar-refractivity contribution in [3.8, 4) is 0 Å². The van der Waals surface area contributed by atoms with Gasteiger partial charge in [0.1, 0.15) is 0 Å². The highest BCUT2D eigenvalue weighted by Crippen LogP contribution is 2.03. The van der Waals surface area contributed by atoms with Crippen molar-refractivity contribution in [2.24, 2.45) is 0 Å². The van der Waals surface area contributed by atoms with Crippen LogP contribution in [0.4, 0.5) is 0 Å². The normalized spacial score (nSPS) is 11.4. The zero-order valence-electron chi connectivity index (χ0n) is 9.02. The highest BCUT2D eigenvalue weighted by Gasteiger charge is 2.23. The van der Waals surface area contributed by atoms with Gasteiger partial charge in [-0.05, 0) is 6.42 Å². The quantitative estimate of drug-likeness (QED) is 0.388. The van der Waals surface area contributed by atoms with Gasteiger partial charge in [0.05, 0.1) is 20.6 Å². The second-order valence-electron chi connectivity index (χ2n) is 3.98. The van der Waals surface area contributed by atoms with Crippen molar-refractivity contribution >= 4 is 5.96 Å². The summed E-state index contributed by atoms with van der Waals surface area (Å²) >= 11 is 0.